The number of hydrogen-bond donors (Lipinski definition) is 3. The second kappa shape index (κ2) is 5.96. The molecule has 1 aromatic carbocycles. The van der Waals surface area contributed by atoms with Crippen LogP contribution >= 0.6 is 0 Å². The Labute approximate surface area is 141 Å². The van der Waals surface area contributed by atoms with Crippen LogP contribution in [0.4, 0.5) is 0 Å². The van der Waals surface area contributed by atoms with Crippen molar-refractivity contribution in [3.05, 3.63) is 23.8 Å². The number of piperidine rings is 1. The Bertz CT molecular complexity index is 807. The maximum atomic E-state index is 13.0. The minimum Gasteiger partial charge on any atom is -0.495 e. The van der Waals surface area contributed by atoms with E-state index in [1.54, 1.807) is 0 Å². The minimum absolute atomic E-state index is 0.0187. The molecule has 3 N–H and O–H groups in total. The summed E-state index contributed by atoms with van der Waals surface area (Å²) in [6.45, 7) is 1.33. The molecule has 8 nitrogen and oxygen atoms in total. The standard InChI is InChI=1S/C15H19N5O3S/c1-23-12-3-2-11(9-16)8-13(12)24(21,22)20-6-4-15(5-7-20)10-18-14(17)19-15/h2-3,8H,4-7,10H2,1H3,(H3,17,18,19). The first-order valence-corrected chi connectivity index (χ1v) is 9.03. The maximum absolute atomic E-state index is 13.0. The Kier molecular flexibility index (Phi) is 4.11. The highest BCUT2D eigenvalue weighted by Gasteiger charge is 2.42. The van der Waals surface area contributed by atoms with Gasteiger partial charge in [0.15, 0.2) is 5.96 Å². The average Bonchev–Trinajstić information content (AvgIpc) is 2.95. The van der Waals surface area contributed by atoms with Crippen molar-refractivity contribution in [1.29, 1.82) is 10.7 Å². The molecule has 0 atom stereocenters. The topological polar surface area (TPSA) is 118 Å². The summed E-state index contributed by atoms with van der Waals surface area (Å²) in [5.41, 5.74) is 0.0276. The Hall–Kier alpha value is -2.31. The summed E-state index contributed by atoms with van der Waals surface area (Å²) in [6.07, 6.45) is 1.23. The normalized spacial score (nSPS) is 20.2. The highest BCUT2D eigenvalue weighted by atomic mass is 32.2. The van der Waals surface area contributed by atoms with Gasteiger partial charge in [-0.25, -0.2) is 8.42 Å². The number of hydrogen-bond acceptors (Lipinski definition) is 5. The number of guanidine groups is 1. The SMILES string of the molecule is COc1ccc(C#N)cc1S(=O)(=O)N1CCC2(CC1)CNC(=N)N2. The van der Waals surface area contributed by atoms with Gasteiger partial charge in [-0.05, 0) is 31.0 Å². The van der Waals surface area contributed by atoms with Crippen LogP contribution in [0.2, 0.25) is 0 Å². The van der Waals surface area contributed by atoms with Crippen molar-refractivity contribution in [2.45, 2.75) is 23.3 Å². The highest BCUT2D eigenvalue weighted by Crippen LogP contribution is 2.32. The molecule has 0 aliphatic carbocycles. The first kappa shape index (κ1) is 16.5. The summed E-state index contributed by atoms with van der Waals surface area (Å²) in [4.78, 5) is 0.0187. The Morgan fingerprint density at radius 1 is 1.38 bits per heavy atom. The van der Waals surface area contributed by atoms with Gasteiger partial charge in [-0.1, -0.05) is 0 Å². The molecule has 0 aromatic heterocycles. The third-order valence-corrected chi connectivity index (χ3v) is 6.50. The molecular formula is C15H19N5O3S. The third-order valence-electron chi connectivity index (χ3n) is 4.58. The summed E-state index contributed by atoms with van der Waals surface area (Å²) in [5.74, 6) is 0.520. The lowest BCUT2D eigenvalue weighted by atomic mass is 9.90. The number of rotatable bonds is 3. The van der Waals surface area contributed by atoms with Gasteiger partial charge in [-0.3, -0.25) is 5.41 Å². The number of nitrogens with zero attached hydrogens (tertiary/aromatic N) is 2. The molecule has 24 heavy (non-hydrogen) atoms. The molecule has 2 fully saturated rings. The zero-order chi connectivity index (χ0) is 17.4. The fourth-order valence-electron chi connectivity index (χ4n) is 3.15. The van der Waals surface area contributed by atoms with E-state index in [2.05, 4.69) is 10.6 Å². The van der Waals surface area contributed by atoms with Crippen molar-refractivity contribution in [1.82, 2.24) is 14.9 Å². The predicted octanol–water partition coefficient (Wildman–Crippen LogP) is 0.218. The van der Waals surface area contributed by atoms with E-state index in [-0.39, 0.29) is 27.7 Å². The molecule has 0 amide bonds. The number of sulfonamides is 1. The fraction of sp³-hybridized carbons (Fsp3) is 0.467. The van der Waals surface area contributed by atoms with Gasteiger partial charge in [-0.2, -0.15) is 9.57 Å². The third kappa shape index (κ3) is 2.79. The van der Waals surface area contributed by atoms with Gasteiger partial charge in [0.05, 0.1) is 24.3 Å². The second-order valence-electron chi connectivity index (χ2n) is 6.02. The Morgan fingerprint density at radius 2 is 2.08 bits per heavy atom. The monoisotopic (exact) mass is 349 g/mol. The van der Waals surface area contributed by atoms with Gasteiger partial charge in [0, 0.05) is 19.6 Å². The lowest BCUT2D eigenvalue weighted by Crippen LogP contribution is -2.53. The predicted molar refractivity (Wildman–Crippen MR) is 87.3 cm³/mol. The Balaban J connectivity index is 1.85. The number of benzene rings is 1. The largest absolute Gasteiger partial charge is 0.495 e. The van der Waals surface area contributed by atoms with Gasteiger partial charge >= 0.3 is 0 Å². The molecule has 9 heteroatoms. The second-order valence-corrected chi connectivity index (χ2v) is 7.92. The van der Waals surface area contributed by atoms with E-state index in [9.17, 15) is 8.42 Å². The smallest absolute Gasteiger partial charge is 0.246 e. The first-order chi connectivity index (χ1) is 11.4. The molecule has 1 aromatic rings. The van der Waals surface area contributed by atoms with Crippen LogP contribution in [-0.2, 0) is 10.0 Å². The number of nitrogens with one attached hydrogen (secondary N) is 3. The van der Waals surface area contributed by atoms with Gasteiger partial charge in [-0.15, -0.1) is 0 Å². The van der Waals surface area contributed by atoms with Crippen molar-refractivity contribution in [3.8, 4) is 11.8 Å². The van der Waals surface area contributed by atoms with Gasteiger partial charge in [0.25, 0.3) is 0 Å². The molecule has 3 rings (SSSR count). The molecular weight excluding hydrogens is 330 g/mol. The lowest BCUT2D eigenvalue weighted by molar-refractivity contribution is 0.231. The molecule has 0 radical (unpaired) electrons. The lowest BCUT2D eigenvalue weighted by Gasteiger charge is -2.38. The fourth-order valence-corrected chi connectivity index (χ4v) is 4.78. The van der Waals surface area contributed by atoms with Crippen LogP contribution in [0.5, 0.6) is 5.75 Å². The molecule has 128 valence electrons. The van der Waals surface area contributed by atoms with E-state index in [0.717, 1.165) is 0 Å². The van der Waals surface area contributed by atoms with E-state index < -0.39 is 10.0 Å². The summed E-state index contributed by atoms with van der Waals surface area (Å²) in [6, 6.07) is 6.34. The zero-order valence-electron chi connectivity index (χ0n) is 13.3. The van der Waals surface area contributed by atoms with Crippen molar-refractivity contribution in [2.24, 2.45) is 0 Å². The molecule has 0 unspecified atom stereocenters. The number of ether oxygens (including phenoxy) is 1. The van der Waals surface area contributed by atoms with E-state index in [0.29, 0.717) is 32.5 Å². The van der Waals surface area contributed by atoms with Crippen molar-refractivity contribution >= 4 is 16.0 Å². The minimum atomic E-state index is -3.74. The highest BCUT2D eigenvalue weighted by molar-refractivity contribution is 7.89. The van der Waals surface area contributed by atoms with Gasteiger partial charge in [0.1, 0.15) is 10.6 Å². The molecule has 2 aliphatic heterocycles. The van der Waals surface area contributed by atoms with Crippen LogP contribution in [0.15, 0.2) is 23.1 Å². The number of methoxy groups -OCH3 is 1. The molecule has 2 aliphatic rings. The van der Waals surface area contributed by atoms with Crippen molar-refractivity contribution < 1.29 is 13.2 Å². The molecule has 0 saturated carbocycles. The van der Waals surface area contributed by atoms with Crippen LogP contribution in [0.3, 0.4) is 0 Å². The Morgan fingerprint density at radius 3 is 2.62 bits per heavy atom. The molecule has 2 saturated heterocycles. The van der Waals surface area contributed by atoms with Crippen LogP contribution in [0.25, 0.3) is 0 Å². The summed E-state index contributed by atoms with van der Waals surface area (Å²) in [5, 5.41) is 22.7. The van der Waals surface area contributed by atoms with Crippen LogP contribution in [-0.4, -0.2) is 51.0 Å². The van der Waals surface area contributed by atoms with Crippen molar-refractivity contribution in [2.75, 3.05) is 26.7 Å². The van der Waals surface area contributed by atoms with E-state index >= 15 is 0 Å². The quantitative estimate of drug-likeness (QED) is 0.718. The van der Waals surface area contributed by atoms with Crippen LogP contribution in [0.1, 0.15) is 18.4 Å². The maximum Gasteiger partial charge on any atom is 0.246 e. The van der Waals surface area contributed by atoms with E-state index in [1.165, 1.54) is 29.6 Å². The van der Waals surface area contributed by atoms with Gasteiger partial charge in [0.2, 0.25) is 10.0 Å². The molecule has 1 spiro atoms. The van der Waals surface area contributed by atoms with E-state index in [1.807, 2.05) is 6.07 Å². The summed E-state index contributed by atoms with van der Waals surface area (Å²) < 4.78 is 32.5. The first-order valence-electron chi connectivity index (χ1n) is 7.59. The van der Waals surface area contributed by atoms with Gasteiger partial charge < -0.3 is 15.4 Å². The molecule has 0 bridgehead atoms. The zero-order valence-corrected chi connectivity index (χ0v) is 14.1. The molecule has 2 heterocycles. The number of nitriles is 1. The van der Waals surface area contributed by atoms with Crippen LogP contribution < -0.4 is 15.4 Å². The summed E-state index contributed by atoms with van der Waals surface area (Å²) in [7, 11) is -2.33. The average molecular weight is 349 g/mol. The van der Waals surface area contributed by atoms with E-state index in [4.69, 9.17) is 15.4 Å². The van der Waals surface area contributed by atoms with Crippen LogP contribution in [0, 0.1) is 16.7 Å². The summed E-state index contributed by atoms with van der Waals surface area (Å²) >= 11 is 0. The van der Waals surface area contributed by atoms with Crippen molar-refractivity contribution in [3.63, 3.8) is 0 Å².